The highest BCUT2D eigenvalue weighted by Gasteiger charge is 2.24. The third-order valence-electron chi connectivity index (χ3n) is 5.03. The molecule has 2 aromatic rings. The zero-order valence-corrected chi connectivity index (χ0v) is 16.3. The van der Waals surface area contributed by atoms with Crippen molar-refractivity contribution < 1.29 is 4.79 Å². The molecule has 3 rings (SSSR count). The van der Waals surface area contributed by atoms with Crippen molar-refractivity contribution in [2.45, 2.75) is 58.4 Å². The molecule has 5 nitrogen and oxygen atoms in total. The van der Waals surface area contributed by atoms with Gasteiger partial charge in [0.25, 0.3) is 0 Å². The van der Waals surface area contributed by atoms with Gasteiger partial charge in [-0.2, -0.15) is 5.10 Å². The van der Waals surface area contributed by atoms with Crippen molar-refractivity contribution in [3.8, 4) is 5.69 Å². The summed E-state index contributed by atoms with van der Waals surface area (Å²) >= 11 is 0. The average molecular weight is 354 g/mol. The van der Waals surface area contributed by atoms with Crippen LogP contribution >= 0.6 is 0 Å². The van der Waals surface area contributed by atoms with E-state index in [0.717, 1.165) is 23.7 Å². The van der Waals surface area contributed by atoms with Crippen molar-refractivity contribution in [2.24, 2.45) is 0 Å². The van der Waals surface area contributed by atoms with Gasteiger partial charge in [-0.3, -0.25) is 9.69 Å². The van der Waals surface area contributed by atoms with Gasteiger partial charge in [-0.15, -0.1) is 0 Å². The molecule has 1 N–H and O–H groups in total. The van der Waals surface area contributed by atoms with E-state index in [1.807, 2.05) is 41.1 Å². The Morgan fingerprint density at radius 3 is 2.62 bits per heavy atom. The third kappa shape index (κ3) is 4.33. The number of piperidine rings is 1. The molecule has 1 saturated heterocycles. The fraction of sp³-hybridized carbons (Fsp3) is 0.524. The number of carbonyl (C=O) groups excluding carboxylic acids is 1. The smallest absolute Gasteiger partial charge is 0.239 e. The Kier molecular flexibility index (Phi) is 5.47. The van der Waals surface area contributed by atoms with Gasteiger partial charge in [0.2, 0.25) is 5.91 Å². The molecule has 0 spiro atoms. The minimum absolute atomic E-state index is 0.0243. The monoisotopic (exact) mass is 354 g/mol. The SMILES string of the molecule is C[C@H]1CCCCN1CC(=O)Nc1cc(C(C)(C)C)nn1-c1ccccc1. The molecule has 0 radical (unpaired) electrons. The van der Waals surface area contributed by atoms with Crippen LogP contribution in [-0.4, -0.2) is 39.7 Å². The topological polar surface area (TPSA) is 50.2 Å². The highest BCUT2D eigenvalue weighted by atomic mass is 16.2. The number of hydrogen-bond acceptors (Lipinski definition) is 3. The quantitative estimate of drug-likeness (QED) is 0.903. The van der Waals surface area contributed by atoms with Gasteiger partial charge in [-0.1, -0.05) is 45.4 Å². The van der Waals surface area contributed by atoms with E-state index in [2.05, 4.69) is 37.9 Å². The van der Waals surface area contributed by atoms with Crippen molar-refractivity contribution in [3.05, 3.63) is 42.1 Å². The lowest BCUT2D eigenvalue weighted by atomic mass is 9.92. The lowest BCUT2D eigenvalue weighted by Gasteiger charge is -2.32. The molecule has 5 heteroatoms. The number of hydrogen-bond donors (Lipinski definition) is 1. The number of rotatable bonds is 4. The van der Waals surface area contributed by atoms with Crippen LogP contribution < -0.4 is 5.32 Å². The van der Waals surface area contributed by atoms with E-state index in [1.54, 1.807) is 0 Å². The summed E-state index contributed by atoms with van der Waals surface area (Å²) in [6, 6.07) is 12.4. The lowest BCUT2D eigenvalue weighted by Crippen LogP contribution is -2.42. The van der Waals surface area contributed by atoms with Crippen molar-refractivity contribution in [2.75, 3.05) is 18.4 Å². The van der Waals surface area contributed by atoms with Crippen molar-refractivity contribution in [1.82, 2.24) is 14.7 Å². The molecule has 1 aromatic carbocycles. The molecule has 2 heterocycles. The number of carbonyl (C=O) groups is 1. The first-order valence-electron chi connectivity index (χ1n) is 9.54. The van der Waals surface area contributed by atoms with E-state index < -0.39 is 0 Å². The Hall–Kier alpha value is -2.14. The van der Waals surface area contributed by atoms with Gasteiger partial charge in [0.05, 0.1) is 17.9 Å². The van der Waals surface area contributed by atoms with Crippen LogP contribution in [0.5, 0.6) is 0 Å². The van der Waals surface area contributed by atoms with Gasteiger partial charge in [0.15, 0.2) is 0 Å². The number of nitrogens with one attached hydrogen (secondary N) is 1. The Morgan fingerprint density at radius 1 is 1.23 bits per heavy atom. The highest BCUT2D eigenvalue weighted by molar-refractivity contribution is 5.91. The molecule has 1 aromatic heterocycles. The van der Waals surface area contributed by atoms with Gasteiger partial charge in [-0.25, -0.2) is 4.68 Å². The second-order valence-corrected chi connectivity index (χ2v) is 8.28. The van der Waals surface area contributed by atoms with Crippen LogP contribution in [0.3, 0.4) is 0 Å². The lowest BCUT2D eigenvalue weighted by molar-refractivity contribution is -0.118. The van der Waals surface area contributed by atoms with Crippen LogP contribution in [0.25, 0.3) is 5.69 Å². The average Bonchev–Trinajstić information content (AvgIpc) is 3.02. The van der Waals surface area contributed by atoms with E-state index in [0.29, 0.717) is 12.6 Å². The first-order valence-corrected chi connectivity index (χ1v) is 9.54. The van der Waals surface area contributed by atoms with Crippen LogP contribution in [0.1, 0.15) is 52.7 Å². The molecule has 0 saturated carbocycles. The van der Waals surface area contributed by atoms with Gasteiger partial charge < -0.3 is 5.32 Å². The summed E-state index contributed by atoms with van der Waals surface area (Å²) in [6.07, 6.45) is 3.60. The molecule has 0 unspecified atom stereocenters. The van der Waals surface area contributed by atoms with Crippen molar-refractivity contribution in [3.63, 3.8) is 0 Å². The summed E-state index contributed by atoms with van der Waals surface area (Å²) < 4.78 is 1.83. The van der Waals surface area contributed by atoms with E-state index in [4.69, 9.17) is 5.10 Å². The predicted molar refractivity (Wildman–Crippen MR) is 106 cm³/mol. The molecule has 1 amide bonds. The van der Waals surface area contributed by atoms with E-state index in [-0.39, 0.29) is 11.3 Å². The van der Waals surface area contributed by atoms with Crippen molar-refractivity contribution >= 4 is 11.7 Å². The zero-order valence-electron chi connectivity index (χ0n) is 16.3. The number of benzene rings is 1. The minimum Gasteiger partial charge on any atom is -0.309 e. The summed E-state index contributed by atoms with van der Waals surface area (Å²) in [5, 5.41) is 7.84. The Labute approximate surface area is 156 Å². The second kappa shape index (κ2) is 7.62. The van der Waals surface area contributed by atoms with E-state index in [9.17, 15) is 4.79 Å². The molecular weight excluding hydrogens is 324 g/mol. The molecule has 0 bridgehead atoms. The summed E-state index contributed by atoms with van der Waals surface area (Å²) in [7, 11) is 0. The first kappa shape index (κ1) is 18.6. The van der Waals surface area contributed by atoms with Gasteiger partial charge in [0.1, 0.15) is 5.82 Å². The van der Waals surface area contributed by atoms with Crippen LogP contribution in [-0.2, 0) is 10.2 Å². The largest absolute Gasteiger partial charge is 0.309 e. The summed E-state index contributed by atoms with van der Waals surface area (Å²) in [5.41, 5.74) is 1.83. The van der Waals surface area contributed by atoms with Crippen LogP contribution in [0.15, 0.2) is 36.4 Å². The standard InChI is InChI=1S/C21H30N4O/c1-16-10-8-9-13-24(16)15-20(26)22-19-14-18(21(2,3)4)23-25(19)17-11-6-5-7-12-17/h5-7,11-12,14,16H,8-10,13,15H2,1-4H3,(H,22,26)/t16-/m0/s1. The fourth-order valence-corrected chi connectivity index (χ4v) is 3.36. The minimum atomic E-state index is -0.0824. The molecular formula is C21H30N4O. The molecule has 1 atom stereocenters. The van der Waals surface area contributed by atoms with E-state index in [1.165, 1.54) is 19.3 Å². The molecule has 140 valence electrons. The number of para-hydroxylation sites is 1. The maximum Gasteiger partial charge on any atom is 0.239 e. The molecule has 26 heavy (non-hydrogen) atoms. The number of nitrogens with zero attached hydrogens (tertiary/aromatic N) is 3. The Morgan fingerprint density at radius 2 is 1.96 bits per heavy atom. The van der Waals surface area contributed by atoms with Crippen LogP contribution in [0.2, 0.25) is 0 Å². The fourth-order valence-electron chi connectivity index (χ4n) is 3.36. The van der Waals surface area contributed by atoms with Gasteiger partial charge >= 0.3 is 0 Å². The van der Waals surface area contributed by atoms with Crippen LogP contribution in [0, 0.1) is 0 Å². The maximum atomic E-state index is 12.7. The predicted octanol–water partition coefficient (Wildman–Crippen LogP) is 3.98. The number of anilines is 1. The normalized spacial score (nSPS) is 18.7. The first-order chi connectivity index (χ1) is 12.3. The van der Waals surface area contributed by atoms with Crippen LogP contribution in [0.4, 0.5) is 5.82 Å². The Balaban J connectivity index is 1.81. The highest BCUT2D eigenvalue weighted by Crippen LogP contribution is 2.26. The second-order valence-electron chi connectivity index (χ2n) is 8.28. The van der Waals surface area contributed by atoms with Gasteiger partial charge in [-0.05, 0) is 38.4 Å². The number of aromatic nitrogens is 2. The third-order valence-corrected chi connectivity index (χ3v) is 5.03. The molecule has 1 aliphatic rings. The zero-order chi connectivity index (χ0) is 18.7. The summed E-state index contributed by atoms with van der Waals surface area (Å²) in [4.78, 5) is 14.9. The molecule has 0 aliphatic carbocycles. The van der Waals surface area contributed by atoms with E-state index >= 15 is 0 Å². The molecule has 1 fully saturated rings. The Bertz CT molecular complexity index is 745. The number of amides is 1. The summed E-state index contributed by atoms with van der Waals surface area (Å²) in [5.74, 6) is 0.757. The van der Waals surface area contributed by atoms with Gasteiger partial charge in [0, 0.05) is 17.5 Å². The number of likely N-dealkylation sites (tertiary alicyclic amines) is 1. The maximum absolute atomic E-state index is 12.7. The van der Waals surface area contributed by atoms with Crippen molar-refractivity contribution in [1.29, 1.82) is 0 Å². The summed E-state index contributed by atoms with van der Waals surface area (Å²) in [6.45, 7) is 10.0. The molecule has 1 aliphatic heterocycles.